The number of aromatic nitrogens is 2. The maximum Gasteiger partial charge on any atom is 0.0946 e. The van der Waals surface area contributed by atoms with E-state index in [9.17, 15) is 0 Å². The van der Waals surface area contributed by atoms with Gasteiger partial charge < -0.3 is 9.88 Å². The van der Waals surface area contributed by atoms with Gasteiger partial charge in [0.15, 0.2) is 0 Å². The molecule has 1 aliphatic heterocycles. The number of likely N-dealkylation sites (tertiary alicyclic amines) is 1. The summed E-state index contributed by atoms with van der Waals surface area (Å²) in [6.07, 6.45) is 9.89. The Labute approximate surface area is 96.7 Å². The standard InChI is InChI=1S/C12H20N4/c1-2-11(1)14-12-3-5-15(9-12)7-8-16-6-4-13-10-16/h4,6,10-12,14H,1-3,5,7-9H2. The molecule has 0 amide bonds. The zero-order chi connectivity index (χ0) is 10.8. The molecule has 1 unspecified atom stereocenters. The second kappa shape index (κ2) is 4.55. The third kappa shape index (κ3) is 2.62. The van der Waals surface area contributed by atoms with Crippen LogP contribution in [0.5, 0.6) is 0 Å². The molecule has 1 atom stereocenters. The topological polar surface area (TPSA) is 33.1 Å². The summed E-state index contributed by atoms with van der Waals surface area (Å²) < 4.78 is 2.15. The lowest BCUT2D eigenvalue weighted by molar-refractivity contribution is 0.312. The summed E-state index contributed by atoms with van der Waals surface area (Å²) in [6.45, 7) is 4.69. The van der Waals surface area contributed by atoms with Gasteiger partial charge in [0.25, 0.3) is 0 Å². The first-order valence-corrected chi connectivity index (χ1v) is 6.34. The van der Waals surface area contributed by atoms with Crippen LogP contribution in [0.15, 0.2) is 18.7 Å². The van der Waals surface area contributed by atoms with Crippen molar-refractivity contribution in [3.63, 3.8) is 0 Å². The first kappa shape index (κ1) is 10.3. The molecule has 2 aliphatic rings. The quantitative estimate of drug-likeness (QED) is 0.793. The lowest BCUT2D eigenvalue weighted by Gasteiger charge is -2.16. The average Bonchev–Trinajstić information content (AvgIpc) is 2.81. The van der Waals surface area contributed by atoms with E-state index in [0.717, 1.165) is 25.2 Å². The molecule has 4 heteroatoms. The van der Waals surface area contributed by atoms with Gasteiger partial charge in [-0.15, -0.1) is 0 Å². The highest BCUT2D eigenvalue weighted by Crippen LogP contribution is 2.21. The highest BCUT2D eigenvalue weighted by molar-refractivity contribution is 4.89. The Balaban J connectivity index is 1.39. The third-order valence-electron chi connectivity index (χ3n) is 3.55. The molecule has 1 aromatic heterocycles. The van der Waals surface area contributed by atoms with Crippen molar-refractivity contribution >= 4 is 0 Å². The van der Waals surface area contributed by atoms with E-state index in [-0.39, 0.29) is 0 Å². The summed E-state index contributed by atoms with van der Waals surface area (Å²) in [6, 6.07) is 1.59. The molecule has 4 nitrogen and oxygen atoms in total. The van der Waals surface area contributed by atoms with E-state index >= 15 is 0 Å². The summed E-state index contributed by atoms with van der Waals surface area (Å²) >= 11 is 0. The molecule has 1 aliphatic carbocycles. The van der Waals surface area contributed by atoms with Crippen molar-refractivity contribution in [1.82, 2.24) is 19.8 Å². The fourth-order valence-corrected chi connectivity index (χ4v) is 2.43. The van der Waals surface area contributed by atoms with Crippen molar-refractivity contribution in [2.45, 2.75) is 37.9 Å². The van der Waals surface area contributed by atoms with E-state index in [1.54, 1.807) is 0 Å². The second-order valence-electron chi connectivity index (χ2n) is 5.03. The zero-order valence-corrected chi connectivity index (χ0v) is 9.68. The molecule has 1 saturated heterocycles. The van der Waals surface area contributed by atoms with E-state index in [0.29, 0.717) is 0 Å². The number of rotatable bonds is 5. The Morgan fingerprint density at radius 1 is 1.19 bits per heavy atom. The van der Waals surface area contributed by atoms with Crippen molar-refractivity contribution in [2.75, 3.05) is 19.6 Å². The summed E-state index contributed by atoms with van der Waals surface area (Å²) in [7, 11) is 0. The molecule has 2 fully saturated rings. The van der Waals surface area contributed by atoms with Gasteiger partial charge in [-0.05, 0) is 25.8 Å². The highest BCUT2D eigenvalue weighted by atomic mass is 15.2. The number of imidazole rings is 1. The molecule has 0 bridgehead atoms. The number of hydrogen-bond acceptors (Lipinski definition) is 3. The Morgan fingerprint density at radius 3 is 2.88 bits per heavy atom. The molecular formula is C12H20N4. The van der Waals surface area contributed by atoms with Gasteiger partial charge in [0.05, 0.1) is 6.33 Å². The first-order valence-electron chi connectivity index (χ1n) is 6.34. The maximum atomic E-state index is 4.06. The maximum absolute atomic E-state index is 4.06. The minimum absolute atomic E-state index is 0.746. The molecule has 0 spiro atoms. The van der Waals surface area contributed by atoms with Crippen molar-refractivity contribution in [2.24, 2.45) is 0 Å². The Morgan fingerprint density at radius 2 is 2.12 bits per heavy atom. The van der Waals surface area contributed by atoms with E-state index in [1.165, 1.54) is 32.4 Å². The Kier molecular flexibility index (Phi) is 2.93. The molecule has 16 heavy (non-hydrogen) atoms. The van der Waals surface area contributed by atoms with E-state index < -0.39 is 0 Å². The van der Waals surface area contributed by atoms with Gasteiger partial charge in [0.2, 0.25) is 0 Å². The van der Waals surface area contributed by atoms with Crippen molar-refractivity contribution in [3.8, 4) is 0 Å². The Hall–Kier alpha value is -0.870. The molecule has 0 aromatic carbocycles. The molecule has 1 aromatic rings. The van der Waals surface area contributed by atoms with Crippen molar-refractivity contribution < 1.29 is 0 Å². The van der Waals surface area contributed by atoms with Gasteiger partial charge in [-0.25, -0.2) is 4.98 Å². The predicted molar refractivity (Wildman–Crippen MR) is 63.2 cm³/mol. The lowest BCUT2D eigenvalue weighted by atomic mass is 10.2. The van der Waals surface area contributed by atoms with Crippen LogP contribution < -0.4 is 5.32 Å². The average molecular weight is 220 g/mol. The van der Waals surface area contributed by atoms with Crippen LogP contribution in [-0.4, -0.2) is 46.2 Å². The van der Waals surface area contributed by atoms with Crippen LogP contribution in [0.4, 0.5) is 0 Å². The van der Waals surface area contributed by atoms with Crippen LogP contribution in [0, 0.1) is 0 Å². The molecule has 0 radical (unpaired) electrons. The minimum atomic E-state index is 0.746. The molecule has 2 heterocycles. The van der Waals surface area contributed by atoms with Crippen molar-refractivity contribution in [3.05, 3.63) is 18.7 Å². The first-order chi connectivity index (χ1) is 7.90. The van der Waals surface area contributed by atoms with Gasteiger partial charge in [0.1, 0.15) is 0 Å². The van der Waals surface area contributed by atoms with E-state index in [1.807, 2.05) is 18.7 Å². The van der Waals surface area contributed by atoms with Crippen LogP contribution in [0.2, 0.25) is 0 Å². The molecule has 88 valence electrons. The molecule has 1 N–H and O–H groups in total. The highest BCUT2D eigenvalue weighted by Gasteiger charge is 2.28. The Bertz CT molecular complexity index is 318. The van der Waals surface area contributed by atoms with E-state index in [2.05, 4.69) is 19.8 Å². The third-order valence-corrected chi connectivity index (χ3v) is 3.55. The predicted octanol–water partition coefficient (Wildman–Crippen LogP) is 0.709. The monoisotopic (exact) mass is 220 g/mol. The fraction of sp³-hybridized carbons (Fsp3) is 0.750. The van der Waals surface area contributed by atoms with Crippen LogP contribution in [0.25, 0.3) is 0 Å². The molecular weight excluding hydrogens is 200 g/mol. The van der Waals surface area contributed by atoms with Crippen LogP contribution >= 0.6 is 0 Å². The SMILES string of the molecule is c1cn(CCN2CCC(NC3CC3)C2)cn1. The van der Waals surface area contributed by atoms with Gasteiger partial charge in [-0.2, -0.15) is 0 Å². The summed E-state index contributed by atoms with van der Waals surface area (Å²) in [4.78, 5) is 6.62. The summed E-state index contributed by atoms with van der Waals surface area (Å²) in [5.41, 5.74) is 0. The number of nitrogens with zero attached hydrogens (tertiary/aromatic N) is 3. The smallest absolute Gasteiger partial charge is 0.0946 e. The van der Waals surface area contributed by atoms with Crippen LogP contribution in [0.3, 0.4) is 0 Å². The largest absolute Gasteiger partial charge is 0.336 e. The number of nitrogens with one attached hydrogen (secondary N) is 1. The normalized spacial score (nSPS) is 26.4. The van der Waals surface area contributed by atoms with Gasteiger partial charge in [-0.3, -0.25) is 4.90 Å². The summed E-state index contributed by atoms with van der Waals surface area (Å²) in [5.74, 6) is 0. The van der Waals surface area contributed by atoms with Gasteiger partial charge >= 0.3 is 0 Å². The van der Waals surface area contributed by atoms with Gasteiger partial charge in [-0.1, -0.05) is 0 Å². The van der Waals surface area contributed by atoms with Crippen molar-refractivity contribution in [1.29, 1.82) is 0 Å². The second-order valence-corrected chi connectivity index (χ2v) is 5.03. The van der Waals surface area contributed by atoms with E-state index in [4.69, 9.17) is 0 Å². The molecule has 1 saturated carbocycles. The van der Waals surface area contributed by atoms with Crippen LogP contribution in [-0.2, 0) is 6.54 Å². The summed E-state index contributed by atoms with van der Waals surface area (Å²) in [5, 5.41) is 3.72. The number of hydrogen-bond donors (Lipinski definition) is 1. The zero-order valence-electron chi connectivity index (χ0n) is 9.68. The minimum Gasteiger partial charge on any atom is -0.336 e. The lowest BCUT2D eigenvalue weighted by Crippen LogP contribution is -2.34. The van der Waals surface area contributed by atoms with Gasteiger partial charge in [0, 0.05) is 44.1 Å². The van der Waals surface area contributed by atoms with Crippen LogP contribution in [0.1, 0.15) is 19.3 Å². The molecule has 3 rings (SSSR count). The fourth-order valence-electron chi connectivity index (χ4n) is 2.43.